The van der Waals surface area contributed by atoms with Gasteiger partial charge in [0.05, 0.1) is 23.2 Å². The largest absolute Gasteiger partial charge is 0.395 e. The van der Waals surface area contributed by atoms with Crippen LogP contribution in [0.15, 0.2) is 70.3 Å². The third-order valence-corrected chi connectivity index (χ3v) is 5.12. The van der Waals surface area contributed by atoms with Gasteiger partial charge in [-0.2, -0.15) is 0 Å². The highest BCUT2D eigenvalue weighted by Gasteiger charge is 2.14. The van der Waals surface area contributed by atoms with E-state index in [0.717, 1.165) is 11.0 Å². The molecule has 0 atom stereocenters. The number of pyridine rings is 2. The standard InChI is InChI=1S/C22H16N2O3/c25-10-9-24-19-8-4-2-6-14(19)22(27)16-11-18-15(12-20(16)24)21(26)13-5-1-3-7-17(13)23-18/h1-8,11-12,25H,9-10H2,(H,23,26). The lowest BCUT2D eigenvalue weighted by atomic mass is 10.0. The average Bonchev–Trinajstić information content (AvgIpc) is 2.70. The van der Waals surface area contributed by atoms with Gasteiger partial charge in [-0.05, 0) is 36.4 Å². The molecule has 0 aliphatic rings. The maximum Gasteiger partial charge on any atom is 0.197 e. The highest BCUT2D eigenvalue weighted by Crippen LogP contribution is 2.24. The number of aromatic amines is 1. The molecule has 3 aromatic carbocycles. The van der Waals surface area contributed by atoms with Crippen LogP contribution in [0.1, 0.15) is 0 Å². The van der Waals surface area contributed by atoms with Gasteiger partial charge in [0, 0.05) is 33.6 Å². The maximum absolute atomic E-state index is 13.1. The Balaban J connectivity index is 2.05. The Labute approximate surface area is 153 Å². The van der Waals surface area contributed by atoms with Crippen LogP contribution in [0.2, 0.25) is 0 Å². The van der Waals surface area contributed by atoms with Crippen LogP contribution in [0.3, 0.4) is 0 Å². The van der Waals surface area contributed by atoms with Crippen LogP contribution in [0, 0.1) is 0 Å². The van der Waals surface area contributed by atoms with E-state index in [1.165, 1.54) is 0 Å². The zero-order valence-electron chi connectivity index (χ0n) is 14.4. The van der Waals surface area contributed by atoms with E-state index in [1.807, 2.05) is 41.0 Å². The summed E-state index contributed by atoms with van der Waals surface area (Å²) in [6, 6.07) is 18.2. The van der Waals surface area contributed by atoms with Gasteiger partial charge in [-0.15, -0.1) is 0 Å². The van der Waals surface area contributed by atoms with Gasteiger partial charge in [0.25, 0.3) is 0 Å². The Morgan fingerprint density at radius 1 is 0.741 bits per heavy atom. The van der Waals surface area contributed by atoms with Crippen molar-refractivity contribution in [2.45, 2.75) is 6.54 Å². The van der Waals surface area contributed by atoms with Crippen LogP contribution in [0.25, 0.3) is 43.6 Å². The molecule has 0 aliphatic heterocycles. The Morgan fingerprint density at radius 3 is 2.26 bits per heavy atom. The molecule has 5 rings (SSSR count). The number of rotatable bonds is 2. The normalized spacial score (nSPS) is 11.7. The molecule has 0 spiro atoms. The van der Waals surface area contributed by atoms with Crippen LogP contribution in [0.4, 0.5) is 0 Å². The lowest BCUT2D eigenvalue weighted by Gasteiger charge is -2.15. The van der Waals surface area contributed by atoms with Crippen LogP contribution in [-0.2, 0) is 6.54 Å². The summed E-state index contributed by atoms with van der Waals surface area (Å²) in [7, 11) is 0. The van der Waals surface area contributed by atoms with E-state index in [4.69, 9.17) is 0 Å². The number of nitrogens with zero attached hydrogens (tertiary/aromatic N) is 1. The molecule has 0 bridgehead atoms. The Morgan fingerprint density at radius 2 is 1.44 bits per heavy atom. The summed E-state index contributed by atoms with van der Waals surface area (Å²) < 4.78 is 1.90. The minimum Gasteiger partial charge on any atom is -0.395 e. The summed E-state index contributed by atoms with van der Waals surface area (Å²) >= 11 is 0. The van der Waals surface area contributed by atoms with Crippen molar-refractivity contribution in [1.82, 2.24) is 9.55 Å². The van der Waals surface area contributed by atoms with Gasteiger partial charge in [-0.3, -0.25) is 9.59 Å². The first-order valence-electron chi connectivity index (χ1n) is 8.80. The molecular formula is C22H16N2O3. The van der Waals surface area contributed by atoms with E-state index in [1.54, 1.807) is 24.3 Å². The van der Waals surface area contributed by atoms with Gasteiger partial charge < -0.3 is 14.7 Å². The number of para-hydroxylation sites is 2. The first-order chi connectivity index (χ1) is 13.2. The molecule has 0 unspecified atom stereocenters. The first-order valence-corrected chi connectivity index (χ1v) is 8.80. The topological polar surface area (TPSA) is 75.1 Å². The maximum atomic E-state index is 13.1. The fourth-order valence-corrected chi connectivity index (χ4v) is 3.88. The lowest BCUT2D eigenvalue weighted by molar-refractivity contribution is 0.279. The molecule has 0 radical (unpaired) electrons. The van der Waals surface area contributed by atoms with E-state index in [0.29, 0.717) is 39.1 Å². The molecule has 2 heterocycles. The summed E-state index contributed by atoms with van der Waals surface area (Å²) in [5, 5.41) is 11.8. The Kier molecular flexibility index (Phi) is 3.39. The van der Waals surface area contributed by atoms with Crippen LogP contribution < -0.4 is 10.9 Å². The third kappa shape index (κ3) is 2.22. The van der Waals surface area contributed by atoms with Gasteiger partial charge in [0.2, 0.25) is 0 Å². The van der Waals surface area contributed by atoms with E-state index >= 15 is 0 Å². The molecule has 5 aromatic rings. The monoisotopic (exact) mass is 356 g/mol. The van der Waals surface area contributed by atoms with Gasteiger partial charge in [-0.1, -0.05) is 24.3 Å². The third-order valence-electron chi connectivity index (χ3n) is 5.12. The number of benzene rings is 3. The van der Waals surface area contributed by atoms with Gasteiger partial charge in [0.1, 0.15) is 0 Å². The van der Waals surface area contributed by atoms with Crippen molar-refractivity contribution in [2.75, 3.05) is 6.61 Å². The Bertz CT molecular complexity index is 1480. The minimum atomic E-state index is -0.0781. The predicted octanol–water partition coefficient (Wildman–Crippen LogP) is 3.14. The second-order valence-corrected chi connectivity index (χ2v) is 6.64. The van der Waals surface area contributed by atoms with E-state index in [2.05, 4.69) is 4.98 Å². The van der Waals surface area contributed by atoms with Gasteiger partial charge >= 0.3 is 0 Å². The van der Waals surface area contributed by atoms with E-state index in [-0.39, 0.29) is 17.5 Å². The molecule has 2 aromatic heterocycles. The van der Waals surface area contributed by atoms with E-state index in [9.17, 15) is 14.7 Å². The molecule has 132 valence electrons. The van der Waals surface area contributed by atoms with Crippen molar-refractivity contribution in [3.8, 4) is 0 Å². The zero-order valence-corrected chi connectivity index (χ0v) is 14.4. The van der Waals surface area contributed by atoms with Crippen molar-refractivity contribution >= 4 is 43.6 Å². The SMILES string of the molecule is O=c1c2ccccc2[nH]c2cc3c(=O)c4ccccc4n(CCO)c3cc12. The van der Waals surface area contributed by atoms with Gasteiger partial charge in [-0.25, -0.2) is 0 Å². The molecular weight excluding hydrogens is 340 g/mol. The van der Waals surface area contributed by atoms with Gasteiger partial charge in [0.15, 0.2) is 10.9 Å². The number of fused-ring (bicyclic) bond motifs is 4. The molecule has 2 N–H and O–H groups in total. The summed E-state index contributed by atoms with van der Waals surface area (Å²) in [6.45, 7) is 0.280. The summed E-state index contributed by atoms with van der Waals surface area (Å²) in [5.41, 5.74) is 2.63. The average molecular weight is 356 g/mol. The minimum absolute atomic E-state index is 0.0614. The number of aromatic nitrogens is 2. The smallest absolute Gasteiger partial charge is 0.197 e. The lowest BCUT2D eigenvalue weighted by Crippen LogP contribution is -2.14. The fraction of sp³-hybridized carbons (Fsp3) is 0.0909. The molecule has 5 heteroatoms. The van der Waals surface area contributed by atoms with Crippen molar-refractivity contribution in [3.05, 3.63) is 81.1 Å². The van der Waals surface area contributed by atoms with Crippen molar-refractivity contribution in [2.24, 2.45) is 0 Å². The first kappa shape index (κ1) is 15.8. The second-order valence-electron chi connectivity index (χ2n) is 6.64. The summed E-state index contributed by atoms with van der Waals surface area (Å²) in [4.78, 5) is 29.3. The number of nitrogens with one attached hydrogen (secondary N) is 1. The van der Waals surface area contributed by atoms with Crippen LogP contribution >= 0.6 is 0 Å². The quantitative estimate of drug-likeness (QED) is 0.477. The second kappa shape index (κ2) is 5.79. The number of hydrogen-bond donors (Lipinski definition) is 2. The predicted molar refractivity (Wildman–Crippen MR) is 108 cm³/mol. The summed E-state index contributed by atoms with van der Waals surface area (Å²) in [6.07, 6.45) is 0. The molecule has 0 amide bonds. The molecule has 0 saturated heterocycles. The van der Waals surface area contributed by atoms with Crippen molar-refractivity contribution < 1.29 is 5.11 Å². The highest BCUT2D eigenvalue weighted by molar-refractivity contribution is 6.03. The molecule has 0 saturated carbocycles. The number of H-pyrrole nitrogens is 1. The molecule has 0 aliphatic carbocycles. The number of aliphatic hydroxyl groups excluding tert-OH is 1. The molecule has 0 fully saturated rings. The number of aliphatic hydroxyl groups is 1. The highest BCUT2D eigenvalue weighted by atomic mass is 16.3. The Hall–Kier alpha value is -3.44. The zero-order chi connectivity index (χ0) is 18.5. The van der Waals surface area contributed by atoms with E-state index < -0.39 is 0 Å². The molecule has 27 heavy (non-hydrogen) atoms. The molecule has 5 nitrogen and oxygen atoms in total. The summed E-state index contributed by atoms with van der Waals surface area (Å²) in [5.74, 6) is 0. The van der Waals surface area contributed by atoms with Crippen LogP contribution in [-0.4, -0.2) is 21.3 Å². The van der Waals surface area contributed by atoms with Crippen molar-refractivity contribution in [3.63, 3.8) is 0 Å². The van der Waals surface area contributed by atoms with Crippen molar-refractivity contribution in [1.29, 1.82) is 0 Å². The number of hydrogen-bond acceptors (Lipinski definition) is 3. The fourth-order valence-electron chi connectivity index (χ4n) is 3.88. The van der Waals surface area contributed by atoms with Crippen LogP contribution in [0.5, 0.6) is 0 Å².